The minimum atomic E-state index is -0.584. The second-order valence-electron chi connectivity index (χ2n) is 7.61. The molecule has 0 aromatic heterocycles. The lowest BCUT2D eigenvalue weighted by Gasteiger charge is -2.13. The zero-order valence-corrected chi connectivity index (χ0v) is 19.1. The number of non-ortho nitro benzene ring substituents is 1. The third-order valence-electron chi connectivity index (χ3n) is 4.63. The van der Waals surface area contributed by atoms with Crippen molar-refractivity contribution in [2.75, 3.05) is 20.3 Å². The molecule has 0 aliphatic carbocycles. The summed E-state index contributed by atoms with van der Waals surface area (Å²) in [4.78, 5) is 48.8. The first-order valence-corrected chi connectivity index (χ1v) is 10.8. The van der Waals surface area contributed by atoms with Crippen LogP contribution in [0.1, 0.15) is 29.8 Å². The summed E-state index contributed by atoms with van der Waals surface area (Å²) >= 11 is 0.737. The van der Waals surface area contributed by atoms with Crippen molar-refractivity contribution >= 4 is 40.5 Å². The van der Waals surface area contributed by atoms with Gasteiger partial charge in [-0.05, 0) is 53.6 Å². The van der Waals surface area contributed by atoms with E-state index in [1.807, 2.05) is 13.8 Å². The summed E-state index contributed by atoms with van der Waals surface area (Å²) < 4.78 is 11.1. The highest BCUT2D eigenvalue weighted by Crippen LogP contribution is 2.34. The van der Waals surface area contributed by atoms with E-state index in [0.29, 0.717) is 29.6 Å². The number of amides is 2. The zero-order chi connectivity index (χ0) is 24.1. The maximum atomic E-state index is 12.7. The summed E-state index contributed by atoms with van der Waals surface area (Å²) in [5.41, 5.74) is 0.651. The molecule has 1 aliphatic rings. The van der Waals surface area contributed by atoms with Gasteiger partial charge in [0.15, 0.2) is 17.3 Å². The summed E-state index contributed by atoms with van der Waals surface area (Å²) in [7, 11) is 1.51. The molecule has 0 bridgehead atoms. The van der Waals surface area contributed by atoms with Gasteiger partial charge in [-0.25, -0.2) is 0 Å². The predicted octanol–water partition coefficient (Wildman–Crippen LogP) is 4.56. The van der Waals surface area contributed by atoms with Crippen molar-refractivity contribution in [3.63, 3.8) is 0 Å². The number of carbonyl (C=O) groups excluding carboxylic acids is 3. The summed E-state index contributed by atoms with van der Waals surface area (Å²) in [6, 6.07) is 10.2. The fourth-order valence-electron chi connectivity index (χ4n) is 2.94. The maximum Gasteiger partial charge on any atom is 0.293 e. The number of nitro groups is 1. The molecule has 2 amide bonds. The molecule has 0 saturated carbocycles. The van der Waals surface area contributed by atoms with Crippen LogP contribution in [0.2, 0.25) is 0 Å². The molecule has 3 rings (SSSR count). The van der Waals surface area contributed by atoms with Crippen molar-refractivity contribution < 1.29 is 28.8 Å². The van der Waals surface area contributed by atoms with Crippen molar-refractivity contribution in [2.45, 2.75) is 13.8 Å². The van der Waals surface area contributed by atoms with Crippen LogP contribution in [-0.4, -0.2) is 47.0 Å². The summed E-state index contributed by atoms with van der Waals surface area (Å²) in [6.07, 6.45) is 1.55. The summed E-state index contributed by atoms with van der Waals surface area (Å²) in [5, 5.41) is 10.2. The molecule has 2 aromatic carbocycles. The Morgan fingerprint density at radius 1 is 1.15 bits per heavy atom. The molecule has 0 unspecified atom stereocenters. The third-order valence-corrected chi connectivity index (χ3v) is 5.54. The van der Waals surface area contributed by atoms with Crippen molar-refractivity contribution in [3.8, 4) is 11.5 Å². The first kappa shape index (κ1) is 24.0. The number of benzene rings is 2. The van der Waals surface area contributed by atoms with E-state index < -0.39 is 28.4 Å². The summed E-state index contributed by atoms with van der Waals surface area (Å²) in [6.45, 7) is 4.13. The quantitative estimate of drug-likeness (QED) is 0.227. The van der Waals surface area contributed by atoms with E-state index in [4.69, 9.17) is 9.47 Å². The van der Waals surface area contributed by atoms with Gasteiger partial charge in [-0.3, -0.25) is 29.4 Å². The van der Waals surface area contributed by atoms with Crippen LogP contribution in [0.3, 0.4) is 0 Å². The van der Waals surface area contributed by atoms with Gasteiger partial charge in [0.25, 0.3) is 16.8 Å². The molecule has 10 heteroatoms. The second kappa shape index (κ2) is 10.3. The van der Waals surface area contributed by atoms with E-state index in [9.17, 15) is 24.5 Å². The van der Waals surface area contributed by atoms with E-state index >= 15 is 0 Å². The van der Waals surface area contributed by atoms with Gasteiger partial charge in [0.05, 0.1) is 30.1 Å². The van der Waals surface area contributed by atoms with Gasteiger partial charge in [0.2, 0.25) is 0 Å². The minimum absolute atomic E-state index is 0.156. The topological polar surface area (TPSA) is 116 Å². The highest BCUT2D eigenvalue weighted by atomic mass is 32.2. The highest BCUT2D eigenvalue weighted by Gasteiger charge is 2.36. The van der Waals surface area contributed by atoms with Crippen LogP contribution >= 0.6 is 11.8 Å². The van der Waals surface area contributed by atoms with Gasteiger partial charge in [-0.15, -0.1) is 0 Å². The number of ketones is 1. The average molecular weight is 471 g/mol. The number of thioether (sulfide) groups is 1. The van der Waals surface area contributed by atoms with Crippen LogP contribution in [0.5, 0.6) is 11.5 Å². The lowest BCUT2D eigenvalue weighted by molar-refractivity contribution is -0.384. The fourth-order valence-corrected chi connectivity index (χ4v) is 3.78. The molecule has 0 spiro atoms. The SMILES string of the molecule is COc1cc(/C=C2\SC(=O)N(CC(=O)c3ccc([N+](=O)[O-])cc3)C2=O)ccc1OCC(C)C. The first-order chi connectivity index (χ1) is 15.7. The van der Waals surface area contributed by atoms with Gasteiger partial charge < -0.3 is 9.47 Å². The van der Waals surface area contributed by atoms with E-state index in [-0.39, 0.29) is 16.2 Å². The molecule has 0 radical (unpaired) electrons. The largest absolute Gasteiger partial charge is 0.493 e. The molecule has 33 heavy (non-hydrogen) atoms. The lowest BCUT2D eigenvalue weighted by Crippen LogP contribution is -2.33. The van der Waals surface area contributed by atoms with Gasteiger partial charge in [-0.1, -0.05) is 19.9 Å². The number of hydrogen-bond donors (Lipinski definition) is 0. The molecule has 1 fully saturated rings. The van der Waals surface area contributed by atoms with Crippen LogP contribution in [0.4, 0.5) is 10.5 Å². The molecular weight excluding hydrogens is 448 g/mol. The molecule has 172 valence electrons. The van der Waals surface area contributed by atoms with Crippen molar-refractivity contribution in [3.05, 3.63) is 68.6 Å². The number of carbonyl (C=O) groups is 3. The van der Waals surface area contributed by atoms with Crippen molar-refractivity contribution in [1.82, 2.24) is 4.90 Å². The molecule has 9 nitrogen and oxygen atoms in total. The molecule has 1 heterocycles. The monoisotopic (exact) mass is 470 g/mol. The molecule has 1 saturated heterocycles. The Bertz CT molecular complexity index is 1130. The Labute approximate surface area is 194 Å². The Kier molecular flexibility index (Phi) is 7.49. The zero-order valence-electron chi connectivity index (χ0n) is 18.3. The van der Waals surface area contributed by atoms with E-state index in [1.54, 1.807) is 24.3 Å². The average Bonchev–Trinajstić information content (AvgIpc) is 3.05. The molecular formula is C23H22N2O7S. The Hall–Kier alpha value is -3.66. The summed E-state index contributed by atoms with van der Waals surface area (Å²) in [5.74, 6) is 0.331. The number of ether oxygens (including phenoxy) is 2. The maximum absolute atomic E-state index is 12.7. The molecule has 2 aromatic rings. The van der Waals surface area contributed by atoms with Gasteiger partial charge in [-0.2, -0.15) is 0 Å². The number of nitrogens with zero attached hydrogens (tertiary/aromatic N) is 2. The second-order valence-corrected chi connectivity index (χ2v) is 8.60. The Morgan fingerprint density at radius 2 is 1.85 bits per heavy atom. The Morgan fingerprint density at radius 3 is 2.45 bits per heavy atom. The van der Waals surface area contributed by atoms with Crippen molar-refractivity contribution in [2.24, 2.45) is 5.92 Å². The number of Topliss-reactive ketones (excluding diaryl/α,β-unsaturated/α-hetero) is 1. The molecule has 1 aliphatic heterocycles. The van der Waals surface area contributed by atoms with Gasteiger partial charge in [0.1, 0.15) is 0 Å². The van der Waals surface area contributed by atoms with Crippen LogP contribution in [0.15, 0.2) is 47.4 Å². The standard InChI is InChI=1S/C23H22N2O7S/c1-14(2)13-32-19-9-4-15(10-20(19)31-3)11-21-22(27)24(23(28)33-21)12-18(26)16-5-7-17(8-6-16)25(29)30/h4-11,14H,12-13H2,1-3H3/b21-11-. The third kappa shape index (κ3) is 5.78. The van der Waals surface area contributed by atoms with Crippen LogP contribution in [0.25, 0.3) is 6.08 Å². The minimum Gasteiger partial charge on any atom is -0.493 e. The first-order valence-electron chi connectivity index (χ1n) is 10.0. The lowest BCUT2D eigenvalue weighted by atomic mass is 10.1. The van der Waals surface area contributed by atoms with Gasteiger partial charge in [0, 0.05) is 17.7 Å². The van der Waals surface area contributed by atoms with E-state index in [0.717, 1.165) is 16.7 Å². The highest BCUT2D eigenvalue weighted by molar-refractivity contribution is 8.18. The van der Waals surface area contributed by atoms with Crippen LogP contribution in [-0.2, 0) is 4.79 Å². The van der Waals surface area contributed by atoms with Crippen LogP contribution in [0, 0.1) is 16.0 Å². The predicted molar refractivity (Wildman–Crippen MR) is 123 cm³/mol. The molecule has 0 N–H and O–H groups in total. The number of hydrogen-bond acceptors (Lipinski definition) is 8. The molecule has 0 atom stereocenters. The number of rotatable bonds is 9. The normalized spacial score (nSPS) is 14.8. The number of imide groups is 1. The smallest absolute Gasteiger partial charge is 0.293 e. The van der Waals surface area contributed by atoms with Gasteiger partial charge >= 0.3 is 0 Å². The van der Waals surface area contributed by atoms with E-state index in [2.05, 4.69) is 0 Å². The van der Waals surface area contributed by atoms with Crippen LogP contribution < -0.4 is 9.47 Å². The van der Waals surface area contributed by atoms with Crippen molar-refractivity contribution in [1.29, 1.82) is 0 Å². The van der Waals surface area contributed by atoms with E-state index in [1.165, 1.54) is 31.4 Å². The number of nitro benzene ring substituents is 1. The Balaban J connectivity index is 1.74. The fraction of sp³-hybridized carbons (Fsp3) is 0.261. The number of methoxy groups -OCH3 is 1.